The van der Waals surface area contributed by atoms with E-state index < -0.39 is 0 Å². The van der Waals surface area contributed by atoms with Crippen LogP contribution in [-0.2, 0) is 4.74 Å². The van der Waals surface area contributed by atoms with E-state index in [2.05, 4.69) is 10.2 Å². The quantitative estimate of drug-likeness (QED) is 0.793. The Hall–Kier alpha value is -0.840. The zero-order valence-electron chi connectivity index (χ0n) is 9.70. The lowest BCUT2D eigenvalue weighted by Gasteiger charge is -2.29. The topological polar surface area (TPSA) is 24.5 Å². The molecule has 0 spiro atoms. The Bertz CT molecular complexity index is 419. The van der Waals surface area contributed by atoms with Crippen LogP contribution in [0.1, 0.15) is 5.56 Å². The van der Waals surface area contributed by atoms with Gasteiger partial charge in [-0.1, -0.05) is 17.7 Å². The Morgan fingerprint density at radius 2 is 2.12 bits per heavy atom. The van der Waals surface area contributed by atoms with Crippen LogP contribution in [0.25, 0.3) is 0 Å². The number of halogens is 1. The molecule has 1 heterocycles. The van der Waals surface area contributed by atoms with Crippen molar-refractivity contribution in [3.05, 3.63) is 28.8 Å². The third-order valence-corrected chi connectivity index (χ3v) is 3.49. The first-order valence-corrected chi connectivity index (χ1v) is 6.35. The van der Waals surface area contributed by atoms with E-state index >= 15 is 0 Å². The SMILES string of the molecule is Cc1ccc(NC(=S)N2CCOCC2)cc1Cl. The largest absolute Gasteiger partial charge is 0.378 e. The minimum absolute atomic E-state index is 0.730. The van der Waals surface area contributed by atoms with Gasteiger partial charge in [-0.15, -0.1) is 0 Å². The van der Waals surface area contributed by atoms with Crippen LogP contribution >= 0.6 is 23.8 Å². The molecule has 1 aliphatic heterocycles. The lowest BCUT2D eigenvalue weighted by Crippen LogP contribution is -2.42. The molecule has 92 valence electrons. The number of aryl methyl sites for hydroxylation is 1. The van der Waals surface area contributed by atoms with Gasteiger partial charge < -0.3 is 15.0 Å². The molecule has 1 N–H and O–H groups in total. The molecule has 5 heteroatoms. The minimum atomic E-state index is 0.730. The number of hydrogen-bond donors (Lipinski definition) is 1. The molecule has 1 saturated heterocycles. The van der Waals surface area contributed by atoms with Crippen molar-refractivity contribution >= 4 is 34.6 Å². The predicted octanol–water partition coefficient (Wildman–Crippen LogP) is 2.68. The molecule has 1 aromatic carbocycles. The second-order valence-corrected chi connectivity index (χ2v) is 4.79. The van der Waals surface area contributed by atoms with E-state index in [1.165, 1.54) is 0 Å². The number of hydrogen-bond acceptors (Lipinski definition) is 2. The van der Waals surface area contributed by atoms with Crippen LogP contribution in [0, 0.1) is 6.92 Å². The summed E-state index contributed by atoms with van der Waals surface area (Å²) in [5.74, 6) is 0. The van der Waals surface area contributed by atoms with Crippen molar-refractivity contribution in [2.75, 3.05) is 31.6 Å². The van der Waals surface area contributed by atoms with Crippen molar-refractivity contribution < 1.29 is 4.74 Å². The fraction of sp³-hybridized carbons (Fsp3) is 0.417. The standard InChI is InChI=1S/C12H15ClN2OS/c1-9-2-3-10(8-11(9)13)14-12(17)15-4-6-16-7-5-15/h2-3,8H,4-7H2,1H3,(H,14,17). The Balaban J connectivity index is 1.99. The van der Waals surface area contributed by atoms with Gasteiger partial charge in [-0.25, -0.2) is 0 Å². The first-order chi connectivity index (χ1) is 8.16. The van der Waals surface area contributed by atoms with Crippen LogP contribution in [0.2, 0.25) is 5.02 Å². The van der Waals surface area contributed by atoms with E-state index in [1.807, 2.05) is 25.1 Å². The van der Waals surface area contributed by atoms with Gasteiger partial charge in [0.05, 0.1) is 13.2 Å². The molecular weight excluding hydrogens is 256 g/mol. The van der Waals surface area contributed by atoms with E-state index in [-0.39, 0.29) is 0 Å². The summed E-state index contributed by atoms with van der Waals surface area (Å²) in [5.41, 5.74) is 1.99. The van der Waals surface area contributed by atoms with Gasteiger partial charge >= 0.3 is 0 Å². The average Bonchev–Trinajstić information content (AvgIpc) is 2.35. The maximum Gasteiger partial charge on any atom is 0.173 e. The number of nitrogens with zero attached hydrogens (tertiary/aromatic N) is 1. The summed E-state index contributed by atoms with van der Waals surface area (Å²) in [6, 6.07) is 5.85. The van der Waals surface area contributed by atoms with Crippen molar-refractivity contribution in [3.63, 3.8) is 0 Å². The molecule has 0 saturated carbocycles. The molecule has 3 nitrogen and oxygen atoms in total. The molecular formula is C12H15ClN2OS. The molecule has 2 rings (SSSR count). The normalized spacial score (nSPS) is 15.8. The minimum Gasteiger partial charge on any atom is -0.378 e. The summed E-state index contributed by atoms with van der Waals surface area (Å²) in [7, 11) is 0. The van der Waals surface area contributed by atoms with Crippen LogP contribution in [0.5, 0.6) is 0 Å². The summed E-state index contributed by atoms with van der Waals surface area (Å²) < 4.78 is 5.28. The highest BCUT2D eigenvalue weighted by atomic mass is 35.5. The van der Waals surface area contributed by atoms with E-state index in [4.69, 9.17) is 28.6 Å². The molecule has 1 aliphatic rings. The predicted molar refractivity (Wildman–Crippen MR) is 74.8 cm³/mol. The molecule has 1 fully saturated rings. The van der Waals surface area contributed by atoms with Gasteiger partial charge in [0, 0.05) is 23.8 Å². The number of rotatable bonds is 1. The van der Waals surface area contributed by atoms with Crippen LogP contribution in [0.15, 0.2) is 18.2 Å². The number of thiocarbonyl (C=S) groups is 1. The second-order valence-electron chi connectivity index (χ2n) is 3.99. The first-order valence-electron chi connectivity index (χ1n) is 5.56. The van der Waals surface area contributed by atoms with Crippen molar-refractivity contribution in [2.45, 2.75) is 6.92 Å². The third kappa shape index (κ3) is 3.31. The summed E-state index contributed by atoms with van der Waals surface area (Å²) >= 11 is 11.4. The van der Waals surface area contributed by atoms with Gasteiger partial charge in [-0.2, -0.15) is 0 Å². The molecule has 17 heavy (non-hydrogen) atoms. The zero-order valence-corrected chi connectivity index (χ0v) is 11.3. The molecule has 1 aromatic rings. The van der Waals surface area contributed by atoms with Gasteiger partial charge in [0.25, 0.3) is 0 Å². The van der Waals surface area contributed by atoms with Gasteiger partial charge in [0.15, 0.2) is 5.11 Å². The highest BCUT2D eigenvalue weighted by Crippen LogP contribution is 2.20. The number of morpholine rings is 1. The number of benzene rings is 1. The molecule has 0 unspecified atom stereocenters. The zero-order chi connectivity index (χ0) is 12.3. The Morgan fingerprint density at radius 1 is 1.41 bits per heavy atom. The first kappa shape index (κ1) is 12.6. The molecule has 0 radical (unpaired) electrons. The van der Waals surface area contributed by atoms with Crippen LogP contribution in [0.3, 0.4) is 0 Å². The molecule has 0 bridgehead atoms. The van der Waals surface area contributed by atoms with Gasteiger partial charge in [0.1, 0.15) is 0 Å². The molecule has 0 amide bonds. The van der Waals surface area contributed by atoms with E-state index in [1.54, 1.807) is 0 Å². The Labute approximate surface area is 112 Å². The smallest absolute Gasteiger partial charge is 0.173 e. The highest BCUT2D eigenvalue weighted by molar-refractivity contribution is 7.80. The van der Waals surface area contributed by atoms with Gasteiger partial charge in [-0.3, -0.25) is 0 Å². The summed E-state index contributed by atoms with van der Waals surface area (Å²) in [4.78, 5) is 2.10. The van der Waals surface area contributed by atoms with Crippen LogP contribution in [-0.4, -0.2) is 36.3 Å². The van der Waals surface area contributed by atoms with E-state index in [0.717, 1.165) is 47.7 Å². The van der Waals surface area contributed by atoms with Gasteiger partial charge in [-0.05, 0) is 36.8 Å². The average molecular weight is 271 g/mol. The maximum absolute atomic E-state index is 6.07. The van der Waals surface area contributed by atoms with Crippen molar-refractivity contribution in [1.29, 1.82) is 0 Å². The lowest BCUT2D eigenvalue weighted by atomic mass is 10.2. The van der Waals surface area contributed by atoms with Crippen molar-refractivity contribution in [3.8, 4) is 0 Å². The number of nitrogens with one attached hydrogen (secondary N) is 1. The summed E-state index contributed by atoms with van der Waals surface area (Å²) in [5, 5.41) is 4.68. The van der Waals surface area contributed by atoms with Crippen molar-refractivity contribution in [1.82, 2.24) is 4.90 Å². The number of ether oxygens (including phenoxy) is 1. The van der Waals surface area contributed by atoms with Crippen molar-refractivity contribution in [2.24, 2.45) is 0 Å². The highest BCUT2D eigenvalue weighted by Gasteiger charge is 2.13. The molecule has 0 aliphatic carbocycles. The fourth-order valence-electron chi connectivity index (χ4n) is 1.64. The summed E-state index contributed by atoms with van der Waals surface area (Å²) in [6.07, 6.45) is 0. The van der Waals surface area contributed by atoms with E-state index in [0.29, 0.717) is 0 Å². The fourth-order valence-corrected chi connectivity index (χ4v) is 2.12. The van der Waals surface area contributed by atoms with Crippen LogP contribution < -0.4 is 5.32 Å². The summed E-state index contributed by atoms with van der Waals surface area (Å²) in [6.45, 7) is 5.12. The molecule has 0 atom stereocenters. The second kappa shape index (κ2) is 5.67. The Morgan fingerprint density at radius 3 is 2.76 bits per heavy atom. The third-order valence-electron chi connectivity index (χ3n) is 2.72. The maximum atomic E-state index is 6.07. The number of anilines is 1. The molecule has 0 aromatic heterocycles. The van der Waals surface area contributed by atoms with Gasteiger partial charge in [0.2, 0.25) is 0 Å². The lowest BCUT2D eigenvalue weighted by molar-refractivity contribution is 0.0690. The van der Waals surface area contributed by atoms with Crippen LogP contribution in [0.4, 0.5) is 5.69 Å². The van der Waals surface area contributed by atoms with E-state index in [9.17, 15) is 0 Å². The monoisotopic (exact) mass is 270 g/mol. The Kier molecular flexibility index (Phi) is 4.20.